The maximum absolute atomic E-state index is 11.6. The summed E-state index contributed by atoms with van der Waals surface area (Å²) in [5.74, 6) is 0.159. The molecule has 4 nitrogen and oxygen atoms in total. The van der Waals surface area contributed by atoms with E-state index in [9.17, 15) is 9.59 Å². The van der Waals surface area contributed by atoms with Gasteiger partial charge in [0.1, 0.15) is 0 Å². The van der Waals surface area contributed by atoms with Gasteiger partial charge < -0.3 is 0 Å². The van der Waals surface area contributed by atoms with Crippen LogP contribution in [0.25, 0.3) is 0 Å². The Morgan fingerprint density at radius 1 is 1.36 bits per heavy atom. The van der Waals surface area contributed by atoms with Crippen LogP contribution in [0.4, 0.5) is 0 Å². The Balaban J connectivity index is 2.34. The van der Waals surface area contributed by atoms with E-state index in [0.29, 0.717) is 6.42 Å². The number of carbonyl (C=O) groups excluding carboxylic acids is 1. The van der Waals surface area contributed by atoms with Crippen LogP contribution in [0.3, 0.4) is 0 Å². The summed E-state index contributed by atoms with van der Waals surface area (Å²) in [6.45, 7) is 0. The van der Waals surface area contributed by atoms with Crippen LogP contribution in [0.1, 0.15) is 31.7 Å². The molecule has 0 amide bonds. The van der Waals surface area contributed by atoms with E-state index < -0.39 is 0 Å². The Bertz CT molecular complexity index is 397. The molecule has 0 saturated heterocycles. The molecule has 1 fully saturated rings. The van der Waals surface area contributed by atoms with E-state index in [2.05, 4.69) is 4.98 Å². The average Bonchev–Trinajstić information content (AvgIpc) is 2.20. The Morgan fingerprint density at radius 2 is 2.21 bits per heavy atom. The van der Waals surface area contributed by atoms with Gasteiger partial charge in [-0.2, -0.15) is 0 Å². The minimum absolute atomic E-state index is 0.139. The highest BCUT2D eigenvalue weighted by molar-refractivity contribution is 5.83. The molecule has 1 aromatic heterocycles. The number of aromatic nitrogens is 2. The lowest BCUT2D eigenvalue weighted by atomic mass is 9.94. The number of nitrogens with zero attached hydrogens (tertiary/aromatic N) is 2. The fourth-order valence-corrected chi connectivity index (χ4v) is 1.85. The van der Waals surface area contributed by atoms with Crippen LogP contribution in [0.2, 0.25) is 0 Å². The van der Waals surface area contributed by atoms with Crippen molar-refractivity contribution in [3.63, 3.8) is 0 Å². The van der Waals surface area contributed by atoms with Crippen molar-refractivity contribution in [1.82, 2.24) is 9.55 Å². The lowest BCUT2D eigenvalue weighted by molar-refractivity contribution is -0.123. The van der Waals surface area contributed by atoms with Crippen molar-refractivity contribution in [3.8, 4) is 0 Å². The largest absolute Gasteiger partial charge is 0.297 e. The lowest BCUT2D eigenvalue weighted by Crippen LogP contribution is -2.31. The van der Waals surface area contributed by atoms with E-state index in [0.717, 1.165) is 19.3 Å². The predicted molar refractivity (Wildman–Crippen MR) is 51.0 cm³/mol. The number of ketones is 1. The molecule has 0 aromatic carbocycles. The fourth-order valence-electron chi connectivity index (χ4n) is 1.85. The van der Waals surface area contributed by atoms with Gasteiger partial charge in [0.05, 0.1) is 12.4 Å². The number of carbonyl (C=O) groups is 1. The summed E-state index contributed by atoms with van der Waals surface area (Å²) in [6, 6.07) is 1.12. The van der Waals surface area contributed by atoms with E-state index >= 15 is 0 Å². The van der Waals surface area contributed by atoms with Crippen molar-refractivity contribution in [2.75, 3.05) is 0 Å². The second-order valence-corrected chi connectivity index (χ2v) is 3.55. The first-order valence-corrected chi connectivity index (χ1v) is 4.84. The summed E-state index contributed by atoms with van der Waals surface area (Å²) in [7, 11) is 0. The van der Waals surface area contributed by atoms with Gasteiger partial charge in [-0.25, -0.2) is 4.98 Å². The minimum Gasteiger partial charge on any atom is -0.297 e. The molecular weight excluding hydrogens is 180 g/mol. The van der Waals surface area contributed by atoms with Crippen molar-refractivity contribution in [2.24, 2.45) is 0 Å². The molecule has 1 aromatic rings. The Labute approximate surface area is 81.6 Å². The Kier molecular flexibility index (Phi) is 2.43. The standard InChI is InChI=1S/C10H12N2O2/c13-9-4-2-1-3-8(9)12-7-11-6-5-10(12)14/h5-8H,1-4H2. The second-order valence-electron chi connectivity index (χ2n) is 3.55. The van der Waals surface area contributed by atoms with Gasteiger partial charge in [-0.1, -0.05) is 6.42 Å². The third-order valence-electron chi connectivity index (χ3n) is 2.61. The van der Waals surface area contributed by atoms with Gasteiger partial charge in [0.25, 0.3) is 5.56 Å². The zero-order valence-corrected chi connectivity index (χ0v) is 7.85. The molecule has 1 saturated carbocycles. The van der Waals surface area contributed by atoms with Gasteiger partial charge in [0, 0.05) is 18.7 Å². The quantitative estimate of drug-likeness (QED) is 0.665. The van der Waals surface area contributed by atoms with Gasteiger partial charge in [-0.15, -0.1) is 0 Å². The number of hydrogen-bond acceptors (Lipinski definition) is 3. The van der Waals surface area contributed by atoms with Crippen LogP contribution in [0.5, 0.6) is 0 Å². The van der Waals surface area contributed by atoms with Crippen LogP contribution >= 0.6 is 0 Å². The normalized spacial score (nSPS) is 22.3. The summed E-state index contributed by atoms with van der Waals surface area (Å²) in [5.41, 5.74) is -0.139. The van der Waals surface area contributed by atoms with Gasteiger partial charge >= 0.3 is 0 Å². The molecule has 74 valence electrons. The molecule has 1 atom stereocenters. The minimum atomic E-state index is -0.273. The molecule has 0 bridgehead atoms. The molecule has 2 rings (SSSR count). The summed E-state index contributed by atoms with van der Waals surface area (Å²) in [6.07, 6.45) is 6.22. The molecule has 0 N–H and O–H groups in total. The van der Waals surface area contributed by atoms with Crippen LogP contribution in [0, 0.1) is 0 Å². The molecule has 1 unspecified atom stereocenters. The van der Waals surface area contributed by atoms with Crippen molar-refractivity contribution >= 4 is 5.78 Å². The molecule has 4 heteroatoms. The smallest absolute Gasteiger partial charge is 0.253 e. The van der Waals surface area contributed by atoms with Gasteiger partial charge in [-0.3, -0.25) is 14.2 Å². The first kappa shape index (κ1) is 9.12. The summed E-state index contributed by atoms with van der Waals surface area (Å²) in [5, 5.41) is 0. The first-order valence-electron chi connectivity index (χ1n) is 4.84. The molecular formula is C10H12N2O2. The molecule has 0 aliphatic heterocycles. The molecule has 0 spiro atoms. The molecule has 1 heterocycles. The van der Waals surface area contributed by atoms with Crippen molar-refractivity contribution in [2.45, 2.75) is 31.7 Å². The molecule has 1 aliphatic rings. The number of rotatable bonds is 1. The Morgan fingerprint density at radius 3 is 2.93 bits per heavy atom. The van der Waals surface area contributed by atoms with Crippen molar-refractivity contribution in [3.05, 3.63) is 28.9 Å². The van der Waals surface area contributed by atoms with Gasteiger partial charge in [0.15, 0.2) is 5.78 Å². The van der Waals surface area contributed by atoms with Crippen molar-refractivity contribution in [1.29, 1.82) is 0 Å². The number of Topliss-reactive ketones (excluding diaryl/α,β-unsaturated/α-hetero) is 1. The van der Waals surface area contributed by atoms with E-state index in [4.69, 9.17) is 0 Å². The van der Waals surface area contributed by atoms with Crippen LogP contribution in [0.15, 0.2) is 23.4 Å². The summed E-state index contributed by atoms with van der Waals surface area (Å²) in [4.78, 5) is 26.9. The van der Waals surface area contributed by atoms with Crippen LogP contribution in [-0.2, 0) is 4.79 Å². The monoisotopic (exact) mass is 192 g/mol. The fraction of sp³-hybridized carbons (Fsp3) is 0.500. The van der Waals surface area contributed by atoms with E-state index in [-0.39, 0.29) is 17.4 Å². The molecule has 14 heavy (non-hydrogen) atoms. The average molecular weight is 192 g/mol. The van der Waals surface area contributed by atoms with Gasteiger partial charge in [0.2, 0.25) is 0 Å². The lowest BCUT2D eigenvalue weighted by Gasteiger charge is -2.21. The molecule has 0 radical (unpaired) electrons. The molecule has 1 aliphatic carbocycles. The SMILES string of the molecule is O=C1CCCCC1n1cnccc1=O. The van der Waals surface area contributed by atoms with E-state index in [1.54, 1.807) is 0 Å². The Hall–Kier alpha value is -1.45. The third kappa shape index (κ3) is 1.60. The highest BCUT2D eigenvalue weighted by Crippen LogP contribution is 2.23. The maximum Gasteiger partial charge on any atom is 0.253 e. The van der Waals surface area contributed by atoms with E-state index in [1.807, 2.05) is 0 Å². The topological polar surface area (TPSA) is 52.0 Å². The first-order chi connectivity index (χ1) is 6.79. The van der Waals surface area contributed by atoms with Crippen LogP contribution in [-0.4, -0.2) is 15.3 Å². The highest BCUT2D eigenvalue weighted by atomic mass is 16.1. The zero-order chi connectivity index (χ0) is 9.97. The van der Waals surface area contributed by atoms with Crippen LogP contribution < -0.4 is 5.56 Å². The number of hydrogen-bond donors (Lipinski definition) is 0. The van der Waals surface area contributed by atoms with Crippen molar-refractivity contribution < 1.29 is 4.79 Å². The second kappa shape index (κ2) is 3.74. The van der Waals surface area contributed by atoms with E-state index in [1.165, 1.54) is 23.2 Å². The summed E-state index contributed by atoms with van der Waals surface area (Å²) < 4.78 is 1.45. The third-order valence-corrected chi connectivity index (χ3v) is 2.61. The highest BCUT2D eigenvalue weighted by Gasteiger charge is 2.24. The van der Waals surface area contributed by atoms with Gasteiger partial charge in [-0.05, 0) is 12.8 Å². The zero-order valence-electron chi connectivity index (χ0n) is 7.85. The summed E-state index contributed by atoms with van der Waals surface area (Å²) >= 11 is 0. The maximum atomic E-state index is 11.6. The predicted octanol–water partition coefficient (Wildman–Crippen LogP) is 0.927.